The van der Waals surface area contributed by atoms with Gasteiger partial charge in [0.05, 0.1) is 10.0 Å². The highest BCUT2D eigenvalue weighted by Gasteiger charge is 2.12. The molecule has 0 N–H and O–H groups in total. The lowest BCUT2D eigenvalue weighted by Gasteiger charge is -2.06. The molecule has 3 nitrogen and oxygen atoms in total. The molecule has 3 aromatic rings. The van der Waals surface area contributed by atoms with E-state index in [-0.39, 0.29) is 5.82 Å². The molecule has 1 heterocycles. The van der Waals surface area contributed by atoms with Crippen LogP contribution in [0.4, 0.5) is 4.39 Å². The van der Waals surface area contributed by atoms with Gasteiger partial charge in [0.15, 0.2) is 11.0 Å². The Balaban J connectivity index is 1.80. The second kappa shape index (κ2) is 6.91. The zero-order valence-electron chi connectivity index (χ0n) is 12.1. The molecule has 0 bridgehead atoms. The van der Waals surface area contributed by atoms with Crippen molar-refractivity contribution in [1.82, 2.24) is 14.8 Å². The Morgan fingerprint density at radius 1 is 1.09 bits per heavy atom. The summed E-state index contributed by atoms with van der Waals surface area (Å²) in [6.07, 6.45) is 0. The highest BCUT2D eigenvalue weighted by Crippen LogP contribution is 2.31. The molecule has 0 fully saturated rings. The third-order valence-electron chi connectivity index (χ3n) is 3.33. The zero-order valence-corrected chi connectivity index (χ0v) is 14.5. The standard InChI is InChI=1S/C16H12Cl2FN3S/c1-22-15(10-5-7-12(19)8-6-10)20-21-16(22)23-9-11-3-2-4-13(17)14(11)18/h2-8H,9H2,1H3. The summed E-state index contributed by atoms with van der Waals surface area (Å²) >= 11 is 13.7. The average Bonchev–Trinajstić information content (AvgIpc) is 2.91. The van der Waals surface area contributed by atoms with Gasteiger partial charge >= 0.3 is 0 Å². The quantitative estimate of drug-likeness (QED) is 0.592. The predicted octanol–water partition coefficient (Wildman–Crippen LogP) is 5.22. The van der Waals surface area contributed by atoms with E-state index in [0.717, 1.165) is 16.3 Å². The molecule has 0 aliphatic heterocycles. The largest absolute Gasteiger partial charge is 0.305 e. The molecule has 0 unspecified atom stereocenters. The van der Waals surface area contributed by atoms with Gasteiger partial charge in [-0.1, -0.05) is 47.1 Å². The average molecular weight is 368 g/mol. The van der Waals surface area contributed by atoms with Crippen molar-refractivity contribution in [3.8, 4) is 11.4 Å². The minimum atomic E-state index is -0.277. The number of thioether (sulfide) groups is 1. The summed E-state index contributed by atoms with van der Waals surface area (Å²) in [7, 11) is 1.88. The van der Waals surface area contributed by atoms with Crippen LogP contribution in [0.2, 0.25) is 10.0 Å². The third-order valence-corrected chi connectivity index (χ3v) is 5.25. The number of nitrogens with zero attached hydrogens (tertiary/aromatic N) is 3. The summed E-state index contributed by atoms with van der Waals surface area (Å²) in [6, 6.07) is 11.7. The maximum Gasteiger partial charge on any atom is 0.191 e. The van der Waals surface area contributed by atoms with E-state index in [2.05, 4.69) is 10.2 Å². The summed E-state index contributed by atoms with van der Waals surface area (Å²) in [4.78, 5) is 0. The van der Waals surface area contributed by atoms with Crippen LogP contribution < -0.4 is 0 Å². The lowest BCUT2D eigenvalue weighted by molar-refractivity contribution is 0.628. The van der Waals surface area contributed by atoms with Gasteiger partial charge < -0.3 is 4.57 Å². The fourth-order valence-electron chi connectivity index (χ4n) is 2.09. The summed E-state index contributed by atoms with van der Waals surface area (Å²) in [5.41, 5.74) is 1.75. The molecule has 0 saturated carbocycles. The van der Waals surface area contributed by atoms with E-state index in [1.807, 2.05) is 23.7 Å². The topological polar surface area (TPSA) is 30.7 Å². The number of hydrogen-bond acceptors (Lipinski definition) is 3. The molecular weight excluding hydrogens is 356 g/mol. The van der Waals surface area contributed by atoms with Crippen LogP contribution in [0.15, 0.2) is 47.6 Å². The molecule has 23 heavy (non-hydrogen) atoms. The van der Waals surface area contributed by atoms with Crippen LogP contribution in [-0.2, 0) is 12.8 Å². The highest BCUT2D eigenvalue weighted by molar-refractivity contribution is 7.98. The zero-order chi connectivity index (χ0) is 16.4. The second-order valence-corrected chi connectivity index (χ2v) is 6.60. The van der Waals surface area contributed by atoms with Crippen LogP contribution in [0.3, 0.4) is 0 Å². The molecule has 0 aliphatic rings. The van der Waals surface area contributed by atoms with Crippen molar-refractivity contribution in [2.45, 2.75) is 10.9 Å². The highest BCUT2D eigenvalue weighted by atomic mass is 35.5. The van der Waals surface area contributed by atoms with Crippen molar-refractivity contribution in [3.05, 3.63) is 63.9 Å². The molecule has 1 aromatic heterocycles. The smallest absolute Gasteiger partial charge is 0.191 e. The van der Waals surface area contributed by atoms with Gasteiger partial charge in [0, 0.05) is 18.4 Å². The molecule has 0 amide bonds. The Kier molecular flexibility index (Phi) is 4.90. The van der Waals surface area contributed by atoms with Crippen LogP contribution in [0.5, 0.6) is 0 Å². The summed E-state index contributed by atoms with van der Waals surface area (Å²) < 4.78 is 14.9. The minimum absolute atomic E-state index is 0.277. The normalized spacial score (nSPS) is 11.0. The van der Waals surface area contributed by atoms with Crippen LogP contribution >= 0.6 is 35.0 Å². The SMILES string of the molecule is Cn1c(SCc2cccc(Cl)c2Cl)nnc1-c1ccc(F)cc1. The Labute approximate surface area is 147 Å². The molecule has 0 saturated heterocycles. The number of rotatable bonds is 4. The molecule has 2 aromatic carbocycles. The Morgan fingerprint density at radius 3 is 2.57 bits per heavy atom. The van der Waals surface area contributed by atoms with Crippen molar-refractivity contribution in [2.75, 3.05) is 0 Å². The molecule has 0 radical (unpaired) electrons. The van der Waals surface area contributed by atoms with E-state index >= 15 is 0 Å². The fraction of sp³-hybridized carbons (Fsp3) is 0.125. The number of hydrogen-bond donors (Lipinski definition) is 0. The molecule has 118 valence electrons. The van der Waals surface area contributed by atoms with E-state index in [0.29, 0.717) is 21.6 Å². The predicted molar refractivity (Wildman–Crippen MR) is 92.4 cm³/mol. The third kappa shape index (κ3) is 3.52. The summed E-state index contributed by atoms with van der Waals surface area (Å²) in [5, 5.41) is 10.2. The summed E-state index contributed by atoms with van der Waals surface area (Å²) in [6.45, 7) is 0. The van der Waals surface area contributed by atoms with Crippen LogP contribution in [-0.4, -0.2) is 14.8 Å². The van der Waals surface area contributed by atoms with Gasteiger partial charge in [-0.3, -0.25) is 0 Å². The van der Waals surface area contributed by atoms with Crippen LogP contribution in [0, 0.1) is 5.82 Å². The molecular formula is C16H12Cl2FN3S. The van der Waals surface area contributed by atoms with E-state index in [9.17, 15) is 4.39 Å². The Bertz CT molecular complexity index is 834. The van der Waals surface area contributed by atoms with Gasteiger partial charge in [-0.25, -0.2) is 4.39 Å². The van der Waals surface area contributed by atoms with Gasteiger partial charge in [0.2, 0.25) is 0 Å². The van der Waals surface area contributed by atoms with Crippen molar-refractivity contribution in [2.24, 2.45) is 7.05 Å². The first-order chi connectivity index (χ1) is 11.1. The van der Waals surface area contributed by atoms with E-state index < -0.39 is 0 Å². The first-order valence-corrected chi connectivity index (χ1v) is 8.51. The fourth-order valence-corrected chi connectivity index (χ4v) is 3.46. The molecule has 0 spiro atoms. The Hall–Kier alpha value is -1.56. The monoisotopic (exact) mass is 367 g/mol. The van der Waals surface area contributed by atoms with E-state index in [1.165, 1.54) is 23.9 Å². The number of halogens is 3. The first-order valence-electron chi connectivity index (χ1n) is 6.77. The minimum Gasteiger partial charge on any atom is -0.305 e. The molecule has 3 rings (SSSR count). The van der Waals surface area contributed by atoms with Crippen LogP contribution in [0.1, 0.15) is 5.56 Å². The molecule has 0 atom stereocenters. The maximum absolute atomic E-state index is 13.0. The van der Waals surface area contributed by atoms with Crippen molar-refractivity contribution in [1.29, 1.82) is 0 Å². The van der Waals surface area contributed by atoms with Gasteiger partial charge in [0.1, 0.15) is 5.82 Å². The van der Waals surface area contributed by atoms with Gasteiger partial charge in [-0.2, -0.15) is 0 Å². The van der Waals surface area contributed by atoms with E-state index in [4.69, 9.17) is 23.2 Å². The van der Waals surface area contributed by atoms with Crippen molar-refractivity contribution >= 4 is 35.0 Å². The molecule has 7 heteroatoms. The first kappa shape index (κ1) is 16.3. The van der Waals surface area contributed by atoms with Crippen LogP contribution in [0.25, 0.3) is 11.4 Å². The maximum atomic E-state index is 13.0. The van der Waals surface area contributed by atoms with Crippen molar-refractivity contribution < 1.29 is 4.39 Å². The Morgan fingerprint density at radius 2 is 1.83 bits per heavy atom. The number of aromatic nitrogens is 3. The number of benzene rings is 2. The second-order valence-electron chi connectivity index (χ2n) is 4.87. The van der Waals surface area contributed by atoms with Gasteiger partial charge in [-0.15, -0.1) is 10.2 Å². The lowest BCUT2D eigenvalue weighted by Crippen LogP contribution is -1.95. The lowest BCUT2D eigenvalue weighted by atomic mass is 10.2. The van der Waals surface area contributed by atoms with Crippen molar-refractivity contribution in [3.63, 3.8) is 0 Å². The van der Waals surface area contributed by atoms with Gasteiger partial charge in [0.25, 0.3) is 0 Å². The molecule has 0 aliphatic carbocycles. The summed E-state index contributed by atoms with van der Waals surface area (Å²) in [5.74, 6) is 1.04. The van der Waals surface area contributed by atoms with Gasteiger partial charge in [-0.05, 0) is 35.9 Å². The van der Waals surface area contributed by atoms with E-state index in [1.54, 1.807) is 18.2 Å².